The van der Waals surface area contributed by atoms with E-state index in [4.69, 9.17) is 0 Å². The van der Waals surface area contributed by atoms with Gasteiger partial charge in [-0.15, -0.1) is 0 Å². The molecule has 0 fully saturated rings. The van der Waals surface area contributed by atoms with Gasteiger partial charge < -0.3 is 10.6 Å². The molecule has 0 aliphatic rings. The summed E-state index contributed by atoms with van der Waals surface area (Å²) in [5.41, 5.74) is 1.73. The number of rotatable bonds is 5. The summed E-state index contributed by atoms with van der Waals surface area (Å²) in [6, 6.07) is 5.64. The van der Waals surface area contributed by atoms with Crippen LogP contribution < -0.4 is 10.6 Å². The minimum Gasteiger partial charge on any atom is -0.361 e. The summed E-state index contributed by atoms with van der Waals surface area (Å²) in [7, 11) is 0. The molecule has 2 heterocycles. The van der Waals surface area contributed by atoms with Crippen LogP contribution in [0.4, 0.5) is 5.82 Å². The molecule has 0 aliphatic heterocycles. The van der Waals surface area contributed by atoms with Crippen molar-refractivity contribution in [2.75, 3.05) is 11.9 Å². The Bertz CT molecular complexity index is 613. The fourth-order valence-electron chi connectivity index (χ4n) is 1.83. The summed E-state index contributed by atoms with van der Waals surface area (Å²) >= 11 is 0. The Morgan fingerprint density at radius 1 is 1.24 bits per heavy atom. The summed E-state index contributed by atoms with van der Waals surface area (Å²) in [5, 5.41) is 5.84. The first-order chi connectivity index (χ1) is 10.0. The van der Waals surface area contributed by atoms with E-state index in [0.717, 1.165) is 11.3 Å². The van der Waals surface area contributed by atoms with Crippen LogP contribution in [0.2, 0.25) is 0 Å². The minimum atomic E-state index is -0.0632. The van der Waals surface area contributed by atoms with Crippen molar-refractivity contribution < 1.29 is 4.79 Å². The molecule has 0 aliphatic carbocycles. The number of amides is 1. The molecule has 0 bridgehead atoms. The van der Waals surface area contributed by atoms with Gasteiger partial charge in [0.05, 0.1) is 6.54 Å². The van der Waals surface area contributed by atoms with E-state index in [-0.39, 0.29) is 18.5 Å². The number of carbonyl (C=O) groups is 1. The van der Waals surface area contributed by atoms with Crippen LogP contribution in [-0.2, 0) is 4.79 Å². The van der Waals surface area contributed by atoms with Crippen molar-refractivity contribution >= 4 is 11.7 Å². The van der Waals surface area contributed by atoms with Gasteiger partial charge >= 0.3 is 0 Å². The van der Waals surface area contributed by atoms with Crippen molar-refractivity contribution in [3.8, 4) is 11.4 Å². The van der Waals surface area contributed by atoms with Crippen LogP contribution in [0.3, 0.4) is 0 Å². The number of anilines is 1. The van der Waals surface area contributed by atoms with Gasteiger partial charge in [0, 0.05) is 35.8 Å². The number of pyridine rings is 1. The van der Waals surface area contributed by atoms with Crippen molar-refractivity contribution in [1.82, 2.24) is 20.3 Å². The van der Waals surface area contributed by atoms with Gasteiger partial charge in [-0.1, -0.05) is 0 Å². The first-order valence-corrected chi connectivity index (χ1v) is 6.84. The molecule has 0 saturated carbocycles. The predicted octanol–water partition coefficient (Wildman–Crippen LogP) is 1.78. The molecule has 0 atom stereocenters. The van der Waals surface area contributed by atoms with Crippen LogP contribution in [0.15, 0.2) is 30.6 Å². The summed E-state index contributed by atoms with van der Waals surface area (Å²) in [5.74, 6) is 1.18. The van der Waals surface area contributed by atoms with E-state index in [1.807, 2.05) is 39.0 Å². The minimum absolute atomic E-state index is 0.0632. The molecule has 2 N–H and O–H groups in total. The average molecular weight is 285 g/mol. The van der Waals surface area contributed by atoms with Crippen LogP contribution in [0.5, 0.6) is 0 Å². The van der Waals surface area contributed by atoms with E-state index in [1.54, 1.807) is 12.4 Å². The van der Waals surface area contributed by atoms with E-state index in [0.29, 0.717) is 11.6 Å². The van der Waals surface area contributed by atoms with E-state index >= 15 is 0 Å². The van der Waals surface area contributed by atoms with Gasteiger partial charge in [-0.2, -0.15) is 0 Å². The van der Waals surface area contributed by atoms with Crippen LogP contribution in [0.1, 0.15) is 19.5 Å². The zero-order valence-corrected chi connectivity index (χ0v) is 12.4. The zero-order valence-electron chi connectivity index (χ0n) is 12.4. The van der Waals surface area contributed by atoms with Gasteiger partial charge in [0.1, 0.15) is 5.82 Å². The number of hydrogen-bond donors (Lipinski definition) is 2. The predicted molar refractivity (Wildman–Crippen MR) is 81.8 cm³/mol. The van der Waals surface area contributed by atoms with Crippen molar-refractivity contribution in [2.24, 2.45) is 0 Å². The second-order valence-corrected chi connectivity index (χ2v) is 5.03. The van der Waals surface area contributed by atoms with Crippen molar-refractivity contribution in [3.63, 3.8) is 0 Å². The zero-order chi connectivity index (χ0) is 15.2. The molecule has 0 radical (unpaired) electrons. The summed E-state index contributed by atoms with van der Waals surface area (Å²) < 4.78 is 0. The SMILES string of the molecule is Cc1cc(NCC(=O)NC(C)C)nc(-c2ccncc2)n1. The molecule has 0 aromatic carbocycles. The van der Waals surface area contributed by atoms with Gasteiger partial charge in [0.25, 0.3) is 0 Å². The van der Waals surface area contributed by atoms with E-state index in [2.05, 4.69) is 25.6 Å². The molecule has 2 aromatic heterocycles. The highest BCUT2D eigenvalue weighted by Crippen LogP contribution is 2.16. The Morgan fingerprint density at radius 3 is 2.62 bits per heavy atom. The molecule has 1 amide bonds. The molecule has 6 nitrogen and oxygen atoms in total. The maximum absolute atomic E-state index is 11.6. The Morgan fingerprint density at radius 2 is 1.95 bits per heavy atom. The summed E-state index contributed by atoms with van der Waals surface area (Å²) in [4.78, 5) is 24.4. The molecule has 2 rings (SSSR count). The molecule has 0 spiro atoms. The number of carbonyl (C=O) groups excluding carboxylic acids is 1. The highest BCUT2D eigenvalue weighted by atomic mass is 16.1. The monoisotopic (exact) mass is 285 g/mol. The van der Waals surface area contributed by atoms with E-state index < -0.39 is 0 Å². The number of aryl methyl sites for hydroxylation is 1. The van der Waals surface area contributed by atoms with Gasteiger partial charge in [-0.3, -0.25) is 9.78 Å². The smallest absolute Gasteiger partial charge is 0.239 e. The van der Waals surface area contributed by atoms with Gasteiger partial charge in [-0.25, -0.2) is 9.97 Å². The van der Waals surface area contributed by atoms with Crippen molar-refractivity contribution in [2.45, 2.75) is 26.8 Å². The molecule has 21 heavy (non-hydrogen) atoms. The third-order valence-electron chi connectivity index (χ3n) is 2.67. The van der Waals surface area contributed by atoms with E-state index in [1.165, 1.54) is 0 Å². The first kappa shape index (κ1) is 14.9. The maximum atomic E-state index is 11.6. The Hall–Kier alpha value is -2.50. The summed E-state index contributed by atoms with van der Waals surface area (Å²) in [6.45, 7) is 5.93. The van der Waals surface area contributed by atoms with Gasteiger partial charge in [0.15, 0.2) is 5.82 Å². The Kier molecular flexibility index (Phi) is 4.81. The van der Waals surface area contributed by atoms with Crippen LogP contribution in [0.25, 0.3) is 11.4 Å². The highest BCUT2D eigenvalue weighted by Gasteiger charge is 2.07. The van der Waals surface area contributed by atoms with Crippen molar-refractivity contribution in [1.29, 1.82) is 0 Å². The number of hydrogen-bond acceptors (Lipinski definition) is 5. The Labute approximate surface area is 124 Å². The molecule has 0 unspecified atom stereocenters. The molecule has 6 heteroatoms. The fourth-order valence-corrected chi connectivity index (χ4v) is 1.83. The summed E-state index contributed by atoms with van der Waals surface area (Å²) in [6.07, 6.45) is 3.40. The molecule has 110 valence electrons. The van der Waals surface area contributed by atoms with Gasteiger partial charge in [-0.05, 0) is 32.9 Å². The first-order valence-electron chi connectivity index (χ1n) is 6.84. The number of aromatic nitrogens is 3. The second kappa shape index (κ2) is 6.78. The molecular formula is C15H19N5O. The number of nitrogens with zero attached hydrogens (tertiary/aromatic N) is 3. The second-order valence-electron chi connectivity index (χ2n) is 5.03. The normalized spacial score (nSPS) is 10.5. The lowest BCUT2D eigenvalue weighted by Crippen LogP contribution is -2.35. The molecule has 2 aromatic rings. The van der Waals surface area contributed by atoms with E-state index in [9.17, 15) is 4.79 Å². The molecular weight excluding hydrogens is 266 g/mol. The lowest BCUT2D eigenvalue weighted by Gasteiger charge is -2.11. The lowest BCUT2D eigenvalue weighted by molar-refractivity contribution is -0.119. The third kappa shape index (κ3) is 4.52. The maximum Gasteiger partial charge on any atom is 0.239 e. The van der Waals surface area contributed by atoms with Gasteiger partial charge in [0.2, 0.25) is 5.91 Å². The molecule has 0 saturated heterocycles. The average Bonchev–Trinajstić information content (AvgIpc) is 2.45. The third-order valence-corrected chi connectivity index (χ3v) is 2.67. The Balaban J connectivity index is 2.11. The fraction of sp³-hybridized carbons (Fsp3) is 0.333. The van der Waals surface area contributed by atoms with Crippen LogP contribution >= 0.6 is 0 Å². The number of nitrogens with one attached hydrogen (secondary N) is 2. The largest absolute Gasteiger partial charge is 0.361 e. The van der Waals surface area contributed by atoms with Crippen LogP contribution in [-0.4, -0.2) is 33.4 Å². The van der Waals surface area contributed by atoms with Crippen LogP contribution in [0, 0.1) is 6.92 Å². The quantitative estimate of drug-likeness (QED) is 0.875. The lowest BCUT2D eigenvalue weighted by atomic mass is 10.2. The standard InChI is InChI=1S/C15H19N5O/c1-10(2)18-14(21)9-17-13-8-11(3)19-15(20-13)12-4-6-16-7-5-12/h4-8,10H,9H2,1-3H3,(H,18,21)(H,17,19,20). The topological polar surface area (TPSA) is 79.8 Å². The van der Waals surface area contributed by atoms with Crippen molar-refractivity contribution in [3.05, 3.63) is 36.3 Å². The highest BCUT2D eigenvalue weighted by molar-refractivity contribution is 5.80.